The topological polar surface area (TPSA) is 17.8 Å². The van der Waals surface area contributed by atoms with Crippen molar-refractivity contribution < 1.29 is 4.39 Å². The van der Waals surface area contributed by atoms with Crippen molar-refractivity contribution in [2.45, 2.75) is 0 Å². The maximum absolute atomic E-state index is 12.6. The molecule has 0 N–H and O–H groups in total. The summed E-state index contributed by atoms with van der Waals surface area (Å²) in [5, 5.41) is 3.93. The minimum Gasteiger partial charge on any atom is -0.270 e. The van der Waals surface area contributed by atoms with Gasteiger partial charge in [-0.2, -0.15) is 5.10 Å². The molecule has 0 saturated carbocycles. The Balaban J connectivity index is 2.41. The average molecular weight is 175 g/mol. The molecule has 0 atom stereocenters. The van der Waals surface area contributed by atoms with Gasteiger partial charge in [-0.3, -0.25) is 4.68 Å². The number of hydrogen-bond acceptors (Lipinski definition) is 1. The lowest BCUT2D eigenvalue weighted by Crippen LogP contribution is -1.80. The van der Waals surface area contributed by atoms with Gasteiger partial charge in [0.05, 0.1) is 13.2 Å². The molecule has 0 saturated heterocycles. The molecule has 3 heteroatoms. The molecule has 2 aromatic rings. The second-order valence-electron chi connectivity index (χ2n) is 2.78. The number of benzene rings is 1. The molecule has 1 heterocycles. The van der Waals surface area contributed by atoms with Crippen LogP contribution in [-0.2, 0) is 0 Å². The maximum atomic E-state index is 12.6. The fraction of sp³-hybridized carbons (Fsp3) is 0. The molecular weight excluding hydrogens is 167 g/mol. The van der Waals surface area contributed by atoms with E-state index < -0.39 is 0 Å². The summed E-state index contributed by atoms with van der Waals surface area (Å²) in [4.78, 5) is 0. The van der Waals surface area contributed by atoms with Gasteiger partial charge in [-0.05, 0) is 17.7 Å². The van der Waals surface area contributed by atoms with Gasteiger partial charge in [0, 0.05) is 11.8 Å². The van der Waals surface area contributed by atoms with Crippen molar-refractivity contribution in [3.8, 4) is 11.1 Å². The van der Waals surface area contributed by atoms with Gasteiger partial charge in [-0.1, -0.05) is 12.1 Å². The molecule has 0 fully saturated rings. The van der Waals surface area contributed by atoms with Crippen LogP contribution in [0.15, 0.2) is 36.7 Å². The summed E-state index contributed by atoms with van der Waals surface area (Å²) in [6.07, 6.45) is 3.48. The molecule has 2 rings (SSSR count). The molecule has 0 aliphatic rings. The molecule has 1 radical (unpaired) electrons. The minimum atomic E-state index is -0.231. The second-order valence-corrected chi connectivity index (χ2v) is 2.78. The van der Waals surface area contributed by atoms with Crippen LogP contribution >= 0.6 is 0 Å². The van der Waals surface area contributed by atoms with Crippen molar-refractivity contribution in [2.24, 2.45) is 0 Å². The number of halogens is 1. The molecule has 2 nitrogen and oxygen atoms in total. The first-order chi connectivity index (χ1) is 6.25. The third kappa shape index (κ3) is 1.59. The van der Waals surface area contributed by atoms with E-state index in [2.05, 4.69) is 12.1 Å². The Hall–Kier alpha value is -1.64. The van der Waals surface area contributed by atoms with E-state index in [1.165, 1.54) is 16.8 Å². The van der Waals surface area contributed by atoms with Gasteiger partial charge < -0.3 is 0 Å². The molecule has 0 spiro atoms. The predicted molar refractivity (Wildman–Crippen MR) is 48.4 cm³/mol. The first-order valence-electron chi connectivity index (χ1n) is 3.87. The number of nitrogens with zero attached hydrogens (tertiary/aromatic N) is 2. The van der Waals surface area contributed by atoms with E-state index in [0.717, 1.165) is 11.1 Å². The van der Waals surface area contributed by atoms with Crippen molar-refractivity contribution in [3.63, 3.8) is 0 Å². The van der Waals surface area contributed by atoms with Gasteiger partial charge in [0.15, 0.2) is 0 Å². The lowest BCUT2D eigenvalue weighted by atomic mass is 10.1. The van der Waals surface area contributed by atoms with E-state index in [9.17, 15) is 4.39 Å². The molecule has 0 bridgehead atoms. The smallest absolute Gasteiger partial charge is 0.123 e. The van der Waals surface area contributed by atoms with Crippen LogP contribution in [0.1, 0.15) is 0 Å². The van der Waals surface area contributed by atoms with E-state index in [1.807, 2.05) is 0 Å². The predicted octanol–water partition coefficient (Wildman–Crippen LogP) is 2.33. The zero-order valence-corrected chi connectivity index (χ0v) is 6.94. The highest BCUT2D eigenvalue weighted by Crippen LogP contribution is 2.17. The second kappa shape index (κ2) is 3.01. The zero-order chi connectivity index (χ0) is 9.26. The molecule has 1 aromatic heterocycles. The van der Waals surface area contributed by atoms with Gasteiger partial charge in [0.25, 0.3) is 0 Å². The van der Waals surface area contributed by atoms with Crippen LogP contribution < -0.4 is 0 Å². The third-order valence-corrected chi connectivity index (χ3v) is 1.81. The molecule has 0 aliphatic carbocycles. The number of aromatic nitrogens is 2. The average Bonchev–Trinajstić information content (AvgIpc) is 2.53. The van der Waals surface area contributed by atoms with Crippen LogP contribution in [-0.4, -0.2) is 9.78 Å². The summed E-state index contributed by atoms with van der Waals surface area (Å²) in [6, 6.07) is 6.28. The number of hydrogen-bond donors (Lipinski definition) is 0. The number of rotatable bonds is 1. The standard InChI is InChI=1S/C10H8FN2/c1-13-7-9(6-12-13)8-2-4-10(11)5-3-8/h2-7H,1H2. The Labute approximate surface area is 75.6 Å². The lowest BCUT2D eigenvalue weighted by molar-refractivity contribution is 0.628. The van der Waals surface area contributed by atoms with Crippen LogP contribution in [0.2, 0.25) is 0 Å². The molecule has 0 amide bonds. The molecule has 0 unspecified atom stereocenters. The van der Waals surface area contributed by atoms with Crippen LogP contribution in [0, 0.1) is 12.9 Å². The summed E-state index contributed by atoms with van der Waals surface area (Å²) in [6.45, 7) is 0. The van der Waals surface area contributed by atoms with Gasteiger partial charge >= 0.3 is 0 Å². The quantitative estimate of drug-likeness (QED) is 0.650. The SMILES string of the molecule is [CH2]n1cc(-c2ccc(F)cc2)cn1. The Morgan fingerprint density at radius 1 is 1.15 bits per heavy atom. The fourth-order valence-corrected chi connectivity index (χ4v) is 1.15. The highest BCUT2D eigenvalue weighted by Gasteiger charge is 1.99. The summed E-state index contributed by atoms with van der Waals surface area (Å²) < 4.78 is 14.0. The minimum absolute atomic E-state index is 0.231. The van der Waals surface area contributed by atoms with E-state index in [0.29, 0.717) is 0 Å². The van der Waals surface area contributed by atoms with Gasteiger partial charge in [0.1, 0.15) is 5.82 Å². The van der Waals surface area contributed by atoms with E-state index >= 15 is 0 Å². The van der Waals surface area contributed by atoms with Crippen molar-refractivity contribution in [3.05, 3.63) is 49.5 Å². The maximum Gasteiger partial charge on any atom is 0.123 e. The third-order valence-electron chi connectivity index (χ3n) is 1.81. The van der Waals surface area contributed by atoms with Gasteiger partial charge in [0.2, 0.25) is 0 Å². The molecular formula is C10H8FN2. The molecule has 13 heavy (non-hydrogen) atoms. The van der Waals surface area contributed by atoms with Crippen LogP contribution in [0.3, 0.4) is 0 Å². The van der Waals surface area contributed by atoms with Crippen LogP contribution in [0.5, 0.6) is 0 Å². The fourth-order valence-electron chi connectivity index (χ4n) is 1.15. The van der Waals surface area contributed by atoms with Gasteiger partial charge in [-0.25, -0.2) is 4.39 Å². The highest BCUT2D eigenvalue weighted by molar-refractivity contribution is 5.61. The van der Waals surface area contributed by atoms with Crippen molar-refractivity contribution in [1.29, 1.82) is 0 Å². The Bertz CT molecular complexity index is 403. The van der Waals surface area contributed by atoms with Gasteiger partial charge in [-0.15, -0.1) is 0 Å². The monoisotopic (exact) mass is 175 g/mol. The Kier molecular flexibility index (Phi) is 1.85. The van der Waals surface area contributed by atoms with E-state index in [1.54, 1.807) is 24.5 Å². The van der Waals surface area contributed by atoms with Crippen molar-refractivity contribution in [2.75, 3.05) is 0 Å². The zero-order valence-electron chi connectivity index (χ0n) is 6.94. The Morgan fingerprint density at radius 3 is 2.38 bits per heavy atom. The summed E-state index contributed by atoms with van der Waals surface area (Å²) >= 11 is 0. The highest BCUT2D eigenvalue weighted by atomic mass is 19.1. The van der Waals surface area contributed by atoms with Crippen molar-refractivity contribution in [1.82, 2.24) is 9.78 Å². The van der Waals surface area contributed by atoms with Crippen LogP contribution in [0.25, 0.3) is 11.1 Å². The first kappa shape index (κ1) is 7.98. The normalized spacial score (nSPS) is 10.3. The van der Waals surface area contributed by atoms with E-state index in [4.69, 9.17) is 0 Å². The van der Waals surface area contributed by atoms with Crippen molar-refractivity contribution >= 4 is 0 Å². The summed E-state index contributed by atoms with van der Waals surface area (Å²) in [5.74, 6) is -0.231. The molecule has 1 aromatic carbocycles. The largest absolute Gasteiger partial charge is 0.270 e. The molecule has 65 valence electrons. The van der Waals surface area contributed by atoms with E-state index in [-0.39, 0.29) is 5.82 Å². The first-order valence-corrected chi connectivity index (χ1v) is 3.87. The summed E-state index contributed by atoms with van der Waals surface area (Å²) in [5.41, 5.74) is 1.88. The summed E-state index contributed by atoms with van der Waals surface area (Å²) in [7, 11) is 3.62. The Morgan fingerprint density at radius 2 is 1.85 bits per heavy atom. The lowest BCUT2D eigenvalue weighted by Gasteiger charge is -1.94. The van der Waals surface area contributed by atoms with Crippen LogP contribution in [0.4, 0.5) is 4.39 Å². The molecule has 0 aliphatic heterocycles.